The molecule has 112 heavy (non-hydrogen) atoms. The Morgan fingerprint density at radius 3 is 1.03 bits per heavy atom. The molecule has 10 aromatic rings. The van der Waals surface area contributed by atoms with Crippen LogP contribution in [0.15, 0.2) is 231 Å². The molecule has 0 aliphatic carbocycles. The number of hydrogen-bond acceptors (Lipinski definition) is 12. The van der Waals surface area contributed by atoms with E-state index < -0.39 is 23.8 Å². The molecule has 10 aromatic carbocycles. The number of ether oxygens (including phenoxy) is 2. The summed E-state index contributed by atoms with van der Waals surface area (Å²) in [6, 6.07) is 71.1. The van der Waals surface area contributed by atoms with Crippen molar-refractivity contribution in [1.82, 2.24) is 53.2 Å². The number of hydrogen-bond donors (Lipinski definition) is 10. The second-order valence-electron chi connectivity index (χ2n) is 27.5. The Labute approximate surface area is 660 Å². The maximum atomic E-state index is 13.6. The smallest absolute Gasteiger partial charge is 0.496 e. The van der Waals surface area contributed by atoms with Crippen LogP contribution in [0, 0.1) is 19.7 Å². The van der Waals surface area contributed by atoms with E-state index in [9.17, 15) is 41.5 Å². The van der Waals surface area contributed by atoms with E-state index in [4.69, 9.17) is 27.9 Å². The maximum Gasteiger partial charge on any atom is 0.573 e. The Hall–Kier alpha value is -10.8. The summed E-state index contributed by atoms with van der Waals surface area (Å²) in [5.74, 6) is -1.66. The van der Waals surface area contributed by atoms with E-state index in [1.54, 1.807) is 49.6 Å². The number of methoxy groups -OCH3 is 1. The standard InChI is InChI=1S/C19H22N2O.C18H17F3N2O2.C18H20N2O2.C17H16Cl2N2O.C17H17FN2O/c1-13-7-8-16(11-14(13)2)19(22)21-12-18-17-6-4-3-5-15(17)9-10-20-18;19-18(20,21)25-16-8-4-3-7-14(16)17(24)23-11-15-13-6-2-1-5-12(13)9-10-22-15;1-22-17-9-5-4-8-15(17)18(21)20-12-16-14-7-3-2-6-13(14)10-11-19-16;18-14-6-5-12(9-15(14)19)17(22)21-10-16-13-4-2-1-3-11(13)7-8-20-16;18-15-8-4-3-7-14(15)17(21)20-11-16-13-6-2-1-5-12(13)9-10-19-16/h3-8,11,18,20H,9-10,12H2,1-2H3,(H,21,22);1-8,15,22H,9-11H2,(H,23,24);2-9,16,19H,10-12H2,1H3,(H,20,21);1-6,9,16,20H,7-8,10H2,(H,21,22);1-8,16,19H,9-11H2,(H,20,21). The summed E-state index contributed by atoms with van der Waals surface area (Å²) in [7, 11) is 1.57. The van der Waals surface area contributed by atoms with Crippen molar-refractivity contribution in [2.45, 2.75) is 82.5 Å². The van der Waals surface area contributed by atoms with Gasteiger partial charge in [0.2, 0.25) is 0 Å². The number of amides is 5. The van der Waals surface area contributed by atoms with Gasteiger partial charge in [-0.25, -0.2) is 4.39 Å². The number of rotatable bonds is 17. The molecule has 0 bridgehead atoms. The fraction of sp³-hybridized carbons (Fsp3) is 0.270. The van der Waals surface area contributed by atoms with E-state index in [2.05, 4.69) is 138 Å². The minimum atomic E-state index is -4.85. The summed E-state index contributed by atoms with van der Waals surface area (Å²) in [5.41, 5.74) is 16.8. The van der Waals surface area contributed by atoms with Crippen molar-refractivity contribution in [2.75, 3.05) is 72.6 Å². The Kier molecular flexibility index (Phi) is 29.7. The van der Waals surface area contributed by atoms with Crippen molar-refractivity contribution >= 4 is 52.7 Å². The Morgan fingerprint density at radius 1 is 0.366 bits per heavy atom. The van der Waals surface area contributed by atoms with Crippen LogP contribution in [0.5, 0.6) is 11.5 Å². The van der Waals surface area contributed by atoms with Crippen LogP contribution < -0.4 is 62.6 Å². The van der Waals surface area contributed by atoms with Gasteiger partial charge in [-0.3, -0.25) is 24.0 Å². The van der Waals surface area contributed by atoms with Gasteiger partial charge in [-0.15, -0.1) is 13.2 Å². The first-order valence-electron chi connectivity index (χ1n) is 37.5. The molecule has 5 amide bonds. The molecular formula is C89H92Cl2F4N10O7. The molecular weight excluding hydrogens is 1470 g/mol. The summed E-state index contributed by atoms with van der Waals surface area (Å²) in [6.07, 6.45) is 0.162. The zero-order valence-electron chi connectivity index (χ0n) is 62.6. The molecule has 0 saturated heterocycles. The largest absolute Gasteiger partial charge is 0.573 e. The molecule has 5 unspecified atom stereocenters. The number of nitrogens with one attached hydrogen (secondary N) is 10. The number of carbonyl (C=O) groups excluding carboxylic acids is 5. The second-order valence-corrected chi connectivity index (χ2v) is 28.3. The van der Waals surface area contributed by atoms with Crippen LogP contribution in [0.4, 0.5) is 17.6 Å². The number of aryl methyl sites for hydroxylation is 2. The van der Waals surface area contributed by atoms with Gasteiger partial charge in [0.05, 0.1) is 33.8 Å². The first kappa shape index (κ1) is 82.2. The molecule has 0 fully saturated rings. The highest BCUT2D eigenvalue weighted by Gasteiger charge is 2.34. The highest BCUT2D eigenvalue weighted by molar-refractivity contribution is 6.42. The summed E-state index contributed by atoms with van der Waals surface area (Å²) in [6.45, 7) is 11.0. The van der Waals surface area contributed by atoms with Crippen LogP contribution in [0.2, 0.25) is 10.0 Å². The van der Waals surface area contributed by atoms with Crippen LogP contribution in [0.3, 0.4) is 0 Å². The Balaban J connectivity index is 0.000000139. The predicted molar refractivity (Wildman–Crippen MR) is 431 cm³/mol. The molecule has 0 saturated carbocycles. The highest BCUT2D eigenvalue weighted by atomic mass is 35.5. The van der Waals surface area contributed by atoms with E-state index in [-0.39, 0.29) is 71.5 Å². The average Bonchev–Trinajstić information content (AvgIpc) is 0.838. The van der Waals surface area contributed by atoms with E-state index in [0.29, 0.717) is 53.1 Å². The lowest BCUT2D eigenvalue weighted by molar-refractivity contribution is -0.274. The van der Waals surface area contributed by atoms with E-state index in [1.807, 2.05) is 85.8 Å². The normalized spacial score (nSPS) is 16.9. The van der Waals surface area contributed by atoms with Gasteiger partial charge in [0.1, 0.15) is 17.3 Å². The highest BCUT2D eigenvalue weighted by Crippen LogP contribution is 2.31. The first-order chi connectivity index (χ1) is 54.3. The van der Waals surface area contributed by atoms with Gasteiger partial charge in [0, 0.05) is 74.1 Å². The van der Waals surface area contributed by atoms with Gasteiger partial charge < -0.3 is 62.6 Å². The molecule has 5 heterocycles. The zero-order chi connectivity index (χ0) is 78.9. The number of para-hydroxylation sites is 2. The Morgan fingerprint density at radius 2 is 0.670 bits per heavy atom. The van der Waals surface area contributed by atoms with Crippen molar-refractivity contribution in [3.63, 3.8) is 0 Å². The van der Waals surface area contributed by atoms with Crippen LogP contribution in [0.1, 0.15) is 149 Å². The monoisotopic (exact) mass is 1560 g/mol. The van der Waals surface area contributed by atoms with Crippen molar-refractivity contribution in [2.24, 2.45) is 0 Å². The summed E-state index contributed by atoms with van der Waals surface area (Å²) < 4.78 is 60.1. The van der Waals surface area contributed by atoms with E-state index >= 15 is 0 Å². The van der Waals surface area contributed by atoms with Gasteiger partial charge in [-0.1, -0.05) is 187 Å². The zero-order valence-corrected chi connectivity index (χ0v) is 64.1. The summed E-state index contributed by atoms with van der Waals surface area (Å²) in [4.78, 5) is 61.3. The third-order valence-corrected chi connectivity index (χ3v) is 20.9. The molecule has 5 atom stereocenters. The van der Waals surface area contributed by atoms with Gasteiger partial charge in [0.25, 0.3) is 29.5 Å². The van der Waals surface area contributed by atoms with E-state index in [0.717, 1.165) is 87.6 Å². The van der Waals surface area contributed by atoms with Crippen molar-refractivity contribution in [1.29, 1.82) is 0 Å². The molecule has 0 aromatic heterocycles. The third-order valence-electron chi connectivity index (χ3n) is 20.2. The quantitative estimate of drug-likeness (QED) is 0.0385. The number of alkyl halides is 3. The predicted octanol–water partition coefficient (Wildman–Crippen LogP) is 14.5. The second kappa shape index (κ2) is 40.4. The molecule has 5 aliphatic rings. The number of benzene rings is 10. The molecule has 0 radical (unpaired) electrons. The molecule has 17 nitrogen and oxygen atoms in total. The number of fused-ring (bicyclic) bond motifs is 5. The fourth-order valence-corrected chi connectivity index (χ4v) is 14.5. The lowest BCUT2D eigenvalue weighted by atomic mass is 9.94. The SMILES string of the molecule is COc1ccccc1C(=O)NCC1NCCc2ccccc21.Cc1ccc(C(=O)NCC2NCCc3ccccc32)cc1C.O=C(NCC1NCCc2ccccc21)c1ccc(Cl)c(Cl)c1.O=C(NCC1NCCc2ccccc21)c1ccccc1F.O=C(NCC1NCCc2ccccc21)c1ccccc1OC(F)(F)F. The van der Waals surface area contributed by atoms with Gasteiger partial charge in [0.15, 0.2) is 0 Å². The first-order valence-corrected chi connectivity index (χ1v) is 38.3. The van der Waals surface area contributed by atoms with E-state index in [1.165, 1.54) is 86.0 Å². The molecule has 10 N–H and O–H groups in total. The lowest BCUT2D eigenvalue weighted by Gasteiger charge is -2.27. The molecule has 23 heteroatoms. The van der Waals surface area contributed by atoms with Gasteiger partial charge in [-0.2, -0.15) is 0 Å². The molecule has 5 aliphatic heterocycles. The van der Waals surface area contributed by atoms with Gasteiger partial charge in [-0.05, 0) is 212 Å². The van der Waals surface area contributed by atoms with Crippen molar-refractivity contribution in [3.05, 3.63) is 341 Å². The van der Waals surface area contributed by atoms with Crippen molar-refractivity contribution in [3.8, 4) is 11.5 Å². The van der Waals surface area contributed by atoms with Crippen LogP contribution >= 0.6 is 23.2 Å². The Bertz CT molecular complexity index is 4770. The topological polar surface area (TPSA) is 224 Å². The summed E-state index contributed by atoms with van der Waals surface area (Å²) >= 11 is 11.8. The van der Waals surface area contributed by atoms with Crippen LogP contribution in [-0.4, -0.2) is 108 Å². The molecule has 0 spiro atoms. The van der Waals surface area contributed by atoms with Gasteiger partial charge >= 0.3 is 6.36 Å². The molecule has 15 rings (SSSR count). The van der Waals surface area contributed by atoms with Crippen LogP contribution in [0.25, 0.3) is 0 Å². The fourth-order valence-electron chi connectivity index (χ4n) is 14.2. The summed E-state index contributed by atoms with van der Waals surface area (Å²) in [5, 5.41) is 32.4. The average molecular weight is 1560 g/mol. The minimum Gasteiger partial charge on any atom is -0.496 e. The maximum absolute atomic E-state index is 13.6. The minimum absolute atomic E-state index is 0.00652. The number of carbonyl (C=O) groups is 5. The number of halogens is 6. The van der Waals surface area contributed by atoms with Crippen molar-refractivity contribution < 1.29 is 51.0 Å². The molecule has 582 valence electrons. The lowest BCUT2D eigenvalue weighted by Crippen LogP contribution is -2.39. The van der Waals surface area contributed by atoms with Crippen LogP contribution in [-0.2, 0) is 32.1 Å². The third kappa shape index (κ3) is 22.7.